The standard InChI is InChI=1S/C24H21F3N6O/c1-14-10-21(28)32-20-7-4-16(11-19(14)20)23(34)33(15(2)22-29-8-3-9-30-22)13-18-6-5-17(12-31-18)24(25,26)27/h3-12,15H,13H2,1-2H3,(H2,28,32)/t15-/m1/s1. The summed E-state index contributed by atoms with van der Waals surface area (Å²) in [6.07, 6.45) is -0.607. The van der Waals surface area contributed by atoms with E-state index in [2.05, 4.69) is 19.9 Å². The molecule has 0 fully saturated rings. The van der Waals surface area contributed by atoms with Crippen LogP contribution >= 0.6 is 0 Å². The predicted octanol–water partition coefficient (Wildman–Crippen LogP) is 4.73. The number of fused-ring (bicyclic) bond motifs is 1. The number of amides is 1. The Morgan fingerprint density at radius 3 is 2.47 bits per heavy atom. The summed E-state index contributed by atoms with van der Waals surface area (Å²) in [6, 6.07) is 10.1. The highest BCUT2D eigenvalue weighted by molar-refractivity contribution is 5.99. The van der Waals surface area contributed by atoms with Crippen LogP contribution in [0.4, 0.5) is 19.0 Å². The third kappa shape index (κ3) is 4.80. The molecule has 10 heteroatoms. The van der Waals surface area contributed by atoms with E-state index in [0.29, 0.717) is 28.4 Å². The predicted molar refractivity (Wildman–Crippen MR) is 120 cm³/mol. The molecule has 7 nitrogen and oxygen atoms in total. The molecule has 1 amide bonds. The van der Waals surface area contributed by atoms with Crippen molar-refractivity contribution in [1.82, 2.24) is 24.8 Å². The average Bonchev–Trinajstić information content (AvgIpc) is 2.82. The highest BCUT2D eigenvalue weighted by atomic mass is 19.4. The number of nitrogens with zero attached hydrogens (tertiary/aromatic N) is 5. The summed E-state index contributed by atoms with van der Waals surface area (Å²) in [5.41, 5.74) is 7.18. The van der Waals surface area contributed by atoms with E-state index in [0.717, 1.165) is 23.2 Å². The largest absolute Gasteiger partial charge is 0.417 e. The third-order valence-corrected chi connectivity index (χ3v) is 5.45. The molecule has 34 heavy (non-hydrogen) atoms. The molecule has 174 valence electrons. The van der Waals surface area contributed by atoms with Crippen molar-refractivity contribution in [2.24, 2.45) is 0 Å². The number of carbonyl (C=O) groups is 1. The van der Waals surface area contributed by atoms with Crippen LogP contribution in [0.1, 0.15) is 46.0 Å². The lowest BCUT2D eigenvalue weighted by atomic mass is 10.0. The zero-order valence-electron chi connectivity index (χ0n) is 18.4. The summed E-state index contributed by atoms with van der Waals surface area (Å²) in [5.74, 6) is 0.433. The van der Waals surface area contributed by atoms with Gasteiger partial charge in [-0.1, -0.05) is 0 Å². The fourth-order valence-corrected chi connectivity index (χ4v) is 3.63. The maximum atomic E-state index is 13.6. The second-order valence-corrected chi connectivity index (χ2v) is 7.85. The van der Waals surface area contributed by atoms with Crippen LogP contribution in [0.5, 0.6) is 0 Å². The van der Waals surface area contributed by atoms with Crippen molar-refractivity contribution in [3.8, 4) is 0 Å². The SMILES string of the molecule is Cc1cc(N)nc2ccc(C(=O)N(Cc3ccc(C(F)(F)F)cn3)[C@H](C)c3ncccn3)cc12. The second kappa shape index (κ2) is 9.05. The van der Waals surface area contributed by atoms with Crippen molar-refractivity contribution < 1.29 is 18.0 Å². The Morgan fingerprint density at radius 1 is 1.09 bits per heavy atom. The molecule has 0 aliphatic heterocycles. The molecule has 0 saturated carbocycles. The Hall–Kier alpha value is -4.08. The van der Waals surface area contributed by atoms with Crippen molar-refractivity contribution in [2.75, 3.05) is 5.73 Å². The molecule has 0 radical (unpaired) electrons. The monoisotopic (exact) mass is 466 g/mol. The van der Waals surface area contributed by atoms with Crippen LogP contribution in [0, 0.1) is 6.92 Å². The summed E-state index contributed by atoms with van der Waals surface area (Å²) >= 11 is 0. The van der Waals surface area contributed by atoms with Crippen LogP contribution in [0.15, 0.2) is 61.1 Å². The zero-order valence-corrected chi connectivity index (χ0v) is 18.4. The van der Waals surface area contributed by atoms with Gasteiger partial charge < -0.3 is 10.6 Å². The molecule has 2 N–H and O–H groups in total. The number of pyridine rings is 2. The fourth-order valence-electron chi connectivity index (χ4n) is 3.63. The third-order valence-electron chi connectivity index (χ3n) is 5.45. The first-order chi connectivity index (χ1) is 16.1. The molecule has 1 aromatic carbocycles. The van der Waals surface area contributed by atoms with Crippen molar-refractivity contribution >= 4 is 22.6 Å². The summed E-state index contributed by atoms with van der Waals surface area (Å²) in [4.78, 5) is 31.8. The van der Waals surface area contributed by atoms with Gasteiger partial charge >= 0.3 is 6.18 Å². The van der Waals surface area contributed by atoms with Crippen molar-refractivity contribution in [1.29, 1.82) is 0 Å². The summed E-state index contributed by atoms with van der Waals surface area (Å²) in [6.45, 7) is 3.60. The topological polar surface area (TPSA) is 97.9 Å². The van der Waals surface area contributed by atoms with Gasteiger partial charge in [0.2, 0.25) is 0 Å². The number of anilines is 1. The Morgan fingerprint density at radius 2 is 1.82 bits per heavy atom. The zero-order chi connectivity index (χ0) is 24.5. The Bertz CT molecular complexity index is 1330. The number of rotatable bonds is 5. The maximum absolute atomic E-state index is 13.6. The van der Waals surface area contributed by atoms with E-state index in [-0.39, 0.29) is 12.5 Å². The number of nitrogen functional groups attached to an aromatic ring is 1. The molecule has 0 aliphatic carbocycles. The summed E-state index contributed by atoms with van der Waals surface area (Å²) in [7, 11) is 0. The van der Waals surface area contributed by atoms with E-state index in [1.807, 2.05) is 6.92 Å². The minimum absolute atomic E-state index is 0.0343. The first kappa shape index (κ1) is 23.1. The summed E-state index contributed by atoms with van der Waals surface area (Å²) < 4.78 is 38.8. The number of aromatic nitrogens is 4. The number of carbonyl (C=O) groups excluding carboxylic acids is 1. The van der Waals surface area contributed by atoms with Gasteiger partial charge in [-0.15, -0.1) is 0 Å². The molecule has 1 atom stereocenters. The lowest BCUT2D eigenvalue weighted by Gasteiger charge is -2.28. The van der Waals surface area contributed by atoms with E-state index >= 15 is 0 Å². The second-order valence-electron chi connectivity index (χ2n) is 7.85. The number of alkyl halides is 3. The number of nitrogens with two attached hydrogens (primary N) is 1. The molecule has 4 aromatic rings. The van der Waals surface area contributed by atoms with Gasteiger partial charge in [0.25, 0.3) is 5.91 Å². The molecule has 3 aromatic heterocycles. The molecule has 0 unspecified atom stereocenters. The minimum Gasteiger partial charge on any atom is -0.384 e. The Balaban J connectivity index is 1.71. The molecular weight excluding hydrogens is 445 g/mol. The van der Waals surface area contributed by atoms with Gasteiger partial charge in [-0.05, 0) is 61.9 Å². The smallest absolute Gasteiger partial charge is 0.384 e. The minimum atomic E-state index is -4.49. The molecule has 0 spiro atoms. The Labute approximate surface area is 193 Å². The van der Waals surface area contributed by atoms with Crippen LogP contribution in [-0.4, -0.2) is 30.7 Å². The van der Waals surface area contributed by atoms with Gasteiger partial charge in [0.05, 0.1) is 29.4 Å². The van der Waals surface area contributed by atoms with Gasteiger partial charge in [0, 0.05) is 29.5 Å². The molecule has 4 rings (SSSR count). The Kier molecular flexibility index (Phi) is 6.14. The fraction of sp³-hybridized carbons (Fsp3) is 0.208. The van der Waals surface area contributed by atoms with Gasteiger partial charge in [-0.25, -0.2) is 15.0 Å². The van der Waals surface area contributed by atoms with Gasteiger partial charge in [-0.3, -0.25) is 9.78 Å². The quantitative estimate of drug-likeness (QED) is 0.457. The molecule has 0 aliphatic rings. The van der Waals surface area contributed by atoms with E-state index in [1.54, 1.807) is 49.6 Å². The number of aryl methyl sites for hydroxylation is 1. The highest BCUT2D eigenvalue weighted by Crippen LogP contribution is 2.29. The summed E-state index contributed by atoms with van der Waals surface area (Å²) in [5, 5.41) is 0.774. The van der Waals surface area contributed by atoms with Crippen molar-refractivity contribution in [2.45, 2.75) is 32.6 Å². The van der Waals surface area contributed by atoms with Crippen molar-refractivity contribution in [3.63, 3.8) is 0 Å². The van der Waals surface area contributed by atoms with E-state index in [1.165, 1.54) is 11.0 Å². The maximum Gasteiger partial charge on any atom is 0.417 e. The lowest BCUT2D eigenvalue weighted by molar-refractivity contribution is -0.137. The molecule has 3 heterocycles. The average molecular weight is 466 g/mol. The lowest BCUT2D eigenvalue weighted by Crippen LogP contribution is -2.34. The number of hydrogen-bond donors (Lipinski definition) is 1. The normalized spacial score (nSPS) is 12.5. The first-order valence-electron chi connectivity index (χ1n) is 10.4. The van der Waals surface area contributed by atoms with Crippen molar-refractivity contribution in [3.05, 3.63) is 89.3 Å². The van der Waals surface area contributed by atoms with Crippen LogP contribution < -0.4 is 5.73 Å². The molecular formula is C24H21F3N6O. The highest BCUT2D eigenvalue weighted by Gasteiger charge is 2.31. The number of benzene rings is 1. The number of hydrogen-bond acceptors (Lipinski definition) is 6. The van der Waals surface area contributed by atoms with Crippen LogP contribution in [0.25, 0.3) is 10.9 Å². The van der Waals surface area contributed by atoms with E-state index in [4.69, 9.17) is 5.73 Å². The first-order valence-corrected chi connectivity index (χ1v) is 10.4. The van der Waals surface area contributed by atoms with Crippen LogP contribution in [-0.2, 0) is 12.7 Å². The van der Waals surface area contributed by atoms with Crippen LogP contribution in [0.2, 0.25) is 0 Å². The van der Waals surface area contributed by atoms with Crippen LogP contribution in [0.3, 0.4) is 0 Å². The van der Waals surface area contributed by atoms with Gasteiger partial charge in [0.1, 0.15) is 11.6 Å². The van der Waals surface area contributed by atoms with Gasteiger partial charge in [0.15, 0.2) is 0 Å². The van der Waals surface area contributed by atoms with E-state index in [9.17, 15) is 18.0 Å². The number of halogens is 3. The van der Waals surface area contributed by atoms with E-state index < -0.39 is 17.8 Å². The van der Waals surface area contributed by atoms with Gasteiger partial charge in [-0.2, -0.15) is 13.2 Å². The molecule has 0 saturated heterocycles. The molecule has 0 bridgehead atoms.